The van der Waals surface area contributed by atoms with Crippen LogP contribution in [0.15, 0.2) is 97.5 Å². The average Bonchev–Trinajstić information content (AvgIpc) is 2.95. The van der Waals surface area contributed by atoms with E-state index in [9.17, 15) is 4.79 Å². The fourth-order valence-corrected chi connectivity index (χ4v) is 3.88. The summed E-state index contributed by atoms with van der Waals surface area (Å²) in [6.45, 7) is 0.510. The number of carbonyl (C=O) groups excluding carboxylic acids is 1. The van der Waals surface area contributed by atoms with Crippen molar-refractivity contribution in [2.75, 3.05) is 12.4 Å². The highest BCUT2D eigenvalue weighted by atomic mass is 16.5. The number of fused-ring (bicyclic) bond motifs is 1. The Morgan fingerprint density at radius 3 is 2.61 bits per heavy atom. The topological polar surface area (TPSA) is 89.9 Å². The van der Waals surface area contributed by atoms with Crippen LogP contribution in [0.25, 0.3) is 39.5 Å². The second kappa shape index (κ2) is 10.6. The van der Waals surface area contributed by atoms with Gasteiger partial charge in [0.1, 0.15) is 5.82 Å². The summed E-state index contributed by atoms with van der Waals surface area (Å²) in [5.74, 6) is 0.796. The lowest BCUT2D eigenvalue weighted by molar-refractivity contribution is -0.134. The summed E-state index contributed by atoms with van der Waals surface area (Å²) in [5.41, 5.74) is 5.30. The van der Waals surface area contributed by atoms with Crippen LogP contribution < -0.4 is 5.32 Å². The highest BCUT2D eigenvalue weighted by Gasteiger charge is 2.15. The second-order valence-corrected chi connectivity index (χ2v) is 8.00. The molecule has 0 aliphatic carbocycles. The summed E-state index contributed by atoms with van der Waals surface area (Å²) in [6.07, 6.45) is 8.15. The lowest BCUT2D eigenvalue weighted by atomic mass is 10.0. The normalized spacial score (nSPS) is 11.0. The molecule has 0 amide bonds. The van der Waals surface area contributed by atoms with Crippen molar-refractivity contribution in [2.45, 2.75) is 6.54 Å². The van der Waals surface area contributed by atoms with Gasteiger partial charge in [0.2, 0.25) is 0 Å². The summed E-state index contributed by atoms with van der Waals surface area (Å²) in [7, 11) is 1.34. The number of ether oxygens (including phenoxy) is 1. The van der Waals surface area contributed by atoms with Crippen LogP contribution in [-0.2, 0) is 16.1 Å². The van der Waals surface area contributed by atoms with Gasteiger partial charge in [0.15, 0.2) is 5.82 Å². The molecule has 0 spiro atoms. The highest BCUT2D eigenvalue weighted by Crippen LogP contribution is 2.34. The smallest absolute Gasteiger partial charge is 0.330 e. The van der Waals surface area contributed by atoms with Crippen molar-refractivity contribution >= 4 is 28.8 Å². The molecule has 1 N–H and O–H groups in total. The van der Waals surface area contributed by atoms with Gasteiger partial charge in [-0.15, -0.1) is 0 Å². The molecule has 2 aromatic carbocycles. The van der Waals surface area contributed by atoms with E-state index in [-0.39, 0.29) is 0 Å². The molecule has 0 unspecified atom stereocenters. The molecule has 36 heavy (non-hydrogen) atoms. The number of nitrogens with zero attached hydrogens (tertiary/aromatic N) is 4. The number of esters is 1. The van der Waals surface area contributed by atoms with Crippen LogP contribution in [0.4, 0.5) is 5.82 Å². The van der Waals surface area contributed by atoms with Crippen molar-refractivity contribution in [3.8, 4) is 22.5 Å². The number of nitrogens with one attached hydrogen (secondary N) is 1. The van der Waals surface area contributed by atoms with Crippen LogP contribution in [0.1, 0.15) is 11.3 Å². The molecule has 5 rings (SSSR count). The molecule has 0 radical (unpaired) electrons. The molecule has 7 nitrogen and oxygen atoms in total. The van der Waals surface area contributed by atoms with Crippen molar-refractivity contribution in [1.29, 1.82) is 0 Å². The molecule has 7 heteroatoms. The zero-order valence-corrected chi connectivity index (χ0v) is 19.6. The van der Waals surface area contributed by atoms with Gasteiger partial charge >= 0.3 is 5.97 Å². The van der Waals surface area contributed by atoms with Gasteiger partial charge in [-0.1, -0.05) is 48.5 Å². The first-order valence-corrected chi connectivity index (χ1v) is 11.4. The summed E-state index contributed by atoms with van der Waals surface area (Å²) in [5, 5.41) is 4.41. The zero-order valence-electron chi connectivity index (χ0n) is 19.6. The monoisotopic (exact) mass is 473 g/mol. The molecular formula is C29H23N5O2. The largest absolute Gasteiger partial charge is 0.466 e. The number of anilines is 1. The molecule has 0 bridgehead atoms. The Hall–Kier alpha value is -4.91. The van der Waals surface area contributed by atoms with E-state index < -0.39 is 5.97 Å². The maximum Gasteiger partial charge on any atom is 0.330 e. The van der Waals surface area contributed by atoms with E-state index in [2.05, 4.69) is 38.2 Å². The van der Waals surface area contributed by atoms with Crippen molar-refractivity contribution in [3.05, 3.63) is 109 Å². The van der Waals surface area contributed by atoms with Crippen LogP contribution in [0.3, 0.4) is 0 Å². The van der Waals surface area contributed by atoms with E-state index in [1.807, 2.05) is 54.6 Å². The van der Waals surface area contributed by atoms with Crippen LogP contribution in [0.2, 0.25) is 0 Å². The van der Waals surface area contributed by atoms with E-state index in [4.69, 9.17) is 9.97 Å². The molecule has 0 fully saturated rings. The molecule has 5 aromatic rings. The minimum Gasteiger partial charge on any atom is -0.466 e. The summed E-state index contributed by atoms with van der Waals surface area (Å²) in [4.78, 5) is 30.0. The molecule has 0 aliphatic rings. The standard InChI is InChI=1S/C29H23N5O2/c1-36-26(35)14-13-20-16-22(18-30-17-20)28-33-25-12-7-11-24(21-8-3-2-4-9-21)27(25)29(34-28)32-19-23-10-5-6-15-31-23/h2-18H,19H2,1H3,(H,32,33,34). The maximum absolute atomic E-state index is 11.5. The van der Waals surface area contributed by atoms with E-state index in [1.165, 1.54) is 13.2 Å². The first-order valence-electron chi connectivity index (χ1n) is 11.4. The summed E-state index contributed by atoms with van der Waals surface area (Å²) < 4.78 is 4.68. The first-order chi connectivity index (χ1) is 17.7. The third kappa shape index (κ3) is 5.10. The molecule has 0 atom stereocenters. The van der Waals surface area contributed by atoms with E-state index in [0.29, 0.717) is 18.2 Å². The third-order valence-corrected chi connectivity index (χ3v) is 5.60. The predicted octanol–water partition coefficient (Wildman–Crippen LogP) is 5.55. The van der Waals surface area contributed by atoms with Crippen LogP contribution in [0.5, 0.6) is 0 Å². The van der Waals surface area contributed by atoms with Gasteiger partial charge in [0.25, 0.3) is 0 Å². The van der Waals surface area contributed by atoms with Gasteiger partial charge in [0.05, 0.1) is 30.3 Å². The molecule has 176 valence electrons. The van der Waals surface area contributed by atoms with Crippen molar-refractivity contribution < 1.29 is 9.53 Å². The molecule has 0 saturated carbocycles. The van der Waals surface area contributed by atoms with Crippen molar-refractivity contribution in [1.82, 2.24) is 19.9 Å². The first kappa shape index (κ1) is 22.9. The Morgan fingerprint density at radius 2 is 1.81 bits per heavy atom. The molecular weight excluding hydrogens is 450 g/mol. The number of rotatable bonds is 7. The van der Waals surface area contributed by atoms with E-state index >= 15 is 0 Å². The fourth-order valence-electron chi connectivity index (χ4n) is 3.88. The number of carbonyl (C=O) groups is 1. The number of hydrogen-bond donors (Lipinski definition) is 1. The number of benzene rings is 2. The number of aromatic nitrogens is 4. The molecule has 0 saturated heterocycles. The minimum atomic E-state index is -0.434. The van der Waals surface area contributed by atoms with Gasteiger partial charge in [-0.3, -0.25) is 9.97 Å². The van der Waals surface area contributed by atoms with Gasteiger partial charge in [0, 0.05) is 30.2 Å². The van der Waals surface area contributed by atoms with E-state index in [0.717, 1.165) is 38.9 Å². The van der Waals surface area contributed by atoms with Gasteiger partial charge in [-0.2, -0.15) is 0 Å². The summed E-state index contributed by atoms with van der Waals surface area (Å²) >= 11 is 0. The quantitative estimate of drug-likeness (QED) is 0.245. The Balaban J connectivity index is 1.62. The molecule has 3 aromatic heterocycles. The van der Waals surface area contributed by atoms with Gasteiger partial charge in [-0.05, 0) is 47.0 Å². The fraction of sp³-hybridized carbons (Fsp3) is 0.0690. The molecule has 3 heterocycles. The second-order valence-electron chi connectivity index (χ2n) is 8.00. The van der Waals surface area contributed by atoms with Crippen molar-refractivity contribution in [2.24, 2.45) is 0 Å². The Bertz CT molecular complexity index is 1540. The number of methoxy groups -OCH3 is 1. The Morgan fingerprint density at radius 1 is 0.944 bits per heavy atom. The Kier molecular flexibility index (Phi) is 6.71. The maximum atomic E-state index is 11.5. The number of pyridine rings is 2. The minimum absolute atomic E-state index is 0.434. The van der Waals surface area contributed by atoms with Crippen LogP contribution >= 0.6 is 0 Å². The molecule has 0 aliphatic heterocycles. The van der Waals surface area contributed by atoms with Crippen molar-refractivity contribution in [3.63, 3.8) is 0 Å². The Labute approximate surface area is 208 Å². The lowest BCUT2D eigenvalue weighted by Gasteiger charge is -2.14. The third-order valence-electron chi connectivity index (χ3n) is 5.60. The van der Waals surface area contributed by atoms with Gasteiger partial charge < -0.3 is 10.1 Å². The number of hydrogen-bond acceptors (Lipinski definition) is 7. The SMILES string of the molecule is COC(=O)C=Cc1cncc(-c2nc(NCc3ccccn3)c3c(-c4ccccc4)cccc3n2)c1. The van der Waals surface area contributed by atoms with Crippen LogP contribution in [0, 0.1) is 0 Å². The summed E-state index contributed by atoms with van der Waals surface area (Å²) in [6, 6.07) is 23.9. The highest BCUT2D eigenvalue weighted by molar-refractivity contribution is 6.02. The van der Waals surface area contributed by atoms with E-state index in [1.54, 1.807) is 24.7 Å². The zero-order chi connectivity index (χ0) is 24.7. The van der Waals surface area contributed by atoms with Gasteiger partial charge in [-0.25, -0.2) is 14.8 Å². The van der Waals surface area contributed by atoms with Crippen LogP contribution in [-0.4, -0.2) is 33.0 Å². The lowest BCUT2D eigenvalue weighted by Crippen LogP contribution is -2.06. The average molecular weight is 474 g/mol. The predicted molar refractivity (Wildman–Crippen MR) is 141 cm³/mol.